The molecule has 2 aromatic heterocycles. The van der Waals surface area contributed by atoms with Gasteiger partial charge in [0.15, 0.2) is 5.82 Å². The molecule has 0 radical (unpaired) electrons. The Morgan fingerprint density at radius 1 is 1.28 bits per heavy atom. The van der Waals surface area contributed by atoms with Gasteiger partial charge in [0, 0.05) is 12.3 Å². The lowest BCUT2D eigenvalue weighted by molar-refractivity contribution is 0.0886. The van der Waals surface area contributed by atoms with Crippen molar-refractivity contribution >= 4 is 16.7 Å². The predicted octanol–water partition coefficient (Wildman–Crippen LogP) is 2.42. The van der Waals surface area contributed by atoms with E-state index in [1.807, 2.05) is 12.1 Å². The Hall–Kier alpha value is -2.96. The Labute approximate surface area is 143 Å². The maximum Gasteiger partial charge on any atom is 0.268 e. The van der Waals surface area contributed by atoms with Crippen LogP contribution in [0.3, 0.4) is 0 Å². The SMILES string of the molecule is Cc1nc(C2(NC(=O)c3cc4ccccc4c(=O)[nH]3)CCCC2)no1. The molecule has 1 fully saturated rings. The van der Waals surface area contributed by atoms with Crippen molar-refractivity contribution in [1.29, 1.82) is 0 Å². The van der Waals surface area contributed by atoms with Crippen LogP contribution in [0.4, 0.5) is 0 Å². The van der Waals surface area contributed by atoms with E-state index in [1.54, 1.807) is 25.1 Å². The number of aromatic amines is 1. The summed E-state index contributed by atoms with van der Waals surface area (Å²) >= 11 is 0. The number of nitrogens with zero attached hydrogens (tertiary/aromatic N) is 2. The summed E-state index contributed by atoms with van der Waals surface area (Å²) in [6.07, 6.45) is 3.44. The summed E-state index contributed by atoms with van der Waals surface area (Å²) in [6.45, 7) is 1.72. The number of pyridine rings is 1. The molecule has 7 nitrogen and oxygen atoms in total. The van der Waals surface area contributed by atoms with E-state index in [0.29, 0.717) is 17.1 Å². The maximum absolute atomic E-state index is 12.8. The molecule has 1 aromatic carbocycles. The van der Waals surface area contributed by atoms with Gasteiger partial charge in [-0.1, -0.05) is 36.2 Å². The van der Waals surface area contributed by atoms with Crippen molar-refractivity contribution in [3.05, 3.63) is 58.1 Å². The first-order chi connectivity index (χ1) is 12.1. The number of aromatic nitrogens is 3. The zero-order valence-electron chi connectivity index (χ0n) is 13.8. The van der Waals surface area contributed by atoms with Gasteiger partial charge in [0.25, 0.3) is 11.5 Å². The Morgan fingerprint density at radius 2 is 2.04 bits per heavy atom. The molecule has 1 amide bonds. The first-order valence-corrected chi connectivity index (χ1v) is 8.33. The van der Waals surface area contributed by atoms with Gasteiger partial charge in [0.1, 0.15) is 11.2 Å². The van der Waals surface area contributed by atoms with E-state index >= 15 is 0 Å². The van der Waals surface area contributed by atoms with Gasteiger partial charge in [0.05, 0.1) is 0 Å². The van der Waals surface area contributed by atoms with Crippen molar-refractivity contribution in [2.24, 2.45) is 0 Å². The molecule has 0 atom stereocenters. The second-order valence-corrected chi connectivity index (χ2v) is 6.48. The van der Waals surface area contributed by atoms with E-state index in [9.17, 15) is 9.59 Å². The lowest BCUT2D eigenvalue weighted by Gasteiger charge is -2.26. The average Bonchev–Trinajstić information content (AvgIpc) is 3.25. The van der Waals surface area contributed by atoms with E-state index in [0.717, 1.165) is 31.1 Å². The lowest BCUT2D eigenvalue weighted by Crippen LogP contribution is -2.45. The van der Waals surface area contributed by atoms with Crippen LogP contribution >= 0.6 is 0 Å². The number of carbonyl (C=O) groups is 1. The molecule has 25 heavy (non-hydrogen) atoms. The molecule has 7 heteroatoms. The van der Waals surface area contributed by atoms with Crippen LogP contribution in [-0.2, 0) is 5.54 Å². The standard InChI is InChI=1S/C18H18N4O3/c1-11-19-17(22-25-11)18(8-4-5-9-18)21-16(24)14-10-12-6-2-3-7-13(12)15(23)20-14/h2-3,6-7,10H,4-5,8-9H2,1H3,(H,20,23)(H,21,24). The Morgan fingerprint density at radius 3 is 2.76 bits per heavy atom. The Balaban J connectivity index is 1.70. The highest BCUT2D eigenvalue weighted by Gasteiger charge is 2.41. The van der Waals surface area contributed by atoms with Gasteiger partial charge < -0.3 is 14.8 Å². The second kappa shape index (κ2) is 5.84. The minimum atomic E-state index is -0.641. The highest BCUT2D eigenvalue weighted by atomic mass is 16.5. The number of carbonyl (C=O) groups excluding carboxylic acids is 1. The Bertz CT molecular complexity index is 999. The molecule has 1 aliphatic carbocycles. The predicted molar refractivity (Wildman–Crippen MR) is 91.2 cm³/mol. The fourth-order valence-electron chi connectivity index (χ4n) is 3.49. The second-order valence-electron chi connectivity index (χ2n) is 6.48. The topological polar surface area (TPSA) is 101 Å². The summed E-state index contributed by atoms with van der Waals surface area (Å²) < 4.78 is 5.10. The summed E-state index contributed by atoms with van der Waals surface area (Å²) in [5.41, 5.74) is -0.688. The van der Waals surface area contributed by atoms with Crippen molar-refractivity contribution in [3.63, 3.8) is 0 Å². The smallest absolute Gasteiger partial charge is 0.268 e. The minimum absolute atomic E-state index is 0.232. The van der Waals surface area contributed by atoms with Crippen molar-refractivity contribution in [3.8, 4) is 0 Å². The van der Waals surface area contributed by atoms with E-state index in [4.69, 9.17) is 4.52 Å². The number of nitrogens with one attached hydrogen (secondary N) is 2. The first kappa shape index (κ1) is 15.6. The largest absolute Gasteiger partial charge is 0.340 e. The van der Waals surface area contributed by atoms with Crippen LogP contribution in [0.1, 0.15) is 47.9 Å². The molecule has 0 aliphatic heterocycles. The number of rotatable bonds is 3. The van der Waals surface area contributed by atoms with Gasteiger partial charge in [-0.3, -0.25) is 9.59 Å². The van der Waals surface area contributed by atoms with E-state index in [1.165, 1.54) is 0 Å². The van der Waals surface area contributed by atoms with Crippen LogP contribution < -0.4 is 10.9 Å². The summed E-state index contributed by atoms with van der Waals surface area (Å²) in [5.74, 6) is 0.626. The van der Waals surface area contributed by atoms with Crippen LogP contribution in [0.5, 0.6) is 0 Å². The minimum Gasteiger partial charge on any atom is -0.340 e. The van der Waals surface area contributed by atoms with Crippen molar-refractivity contribution in [2.45, 2.75) is 38.1 Å². The number of amides is 1. The fourth-order valence-corrected chi connectivity index (χ4v) is 3.49. The van der Waals surface area contributed by atoms with Crippen molar-refractivity contribution in [2.75, 3.05) is 0 Å². The highest BCUT2D eigenvalue weighted by molar-refractivity contribution is 5.96. The third kappa shape index (κ3) is 2.71. The summed E-state index contributed by atoms with van der Waals surface area (Å²) in [4.78, 5) is 32.0. The quantitative estimate of drug-likeness (QED) is 0.764. The molecule has 3 aromatic rings. The van der Waals surface area contributed by atoms with Crippen LogP contribution in [0.15, 0.2) is 39.6 Å². The van der Waals surface area contributed by atoms with Gasteiger partial charge in [-0.2, -0.15) is 4.98 Å². The van der Waals surface area contributed by atoms with Crippen LogP contribution in [-0.4, -0.2) is 21.0 Å². The number of aryl methyl sites for hydroxylation is 1. The van der Waals surface area contributed by atoms with E-state index < -0.39 is 5.54 Å². The zero-order chi connectivity index (χ0) is 17.4. The molecule has 1 aliphatic rings. The normalized spacial score (nSPS) is 16.2. The molecule has 0 spiro atoms. The summed E-state index contributed by atoms with van der Waals surface area (Å²) in [7, 11) is 0. The third-order valence-electron chi connectivity index (χ3n) is 4.76. The number of fused-ring (bicyclic) bond motifs is 1. The van der Waals surface area contributed by atoms with Gasteiger partial charge >= 0.3 is 0 Å². The molecular formula is C18H18N4O3. The molecule has 1 saturated carbocycles. The van der Waals surface area contributed by atoms with Crippen LogP contribution in [0.2, 0.25) is 0 Å². The molecule has 0 unspecified atom stereocenters. The van der Waals surface area contributed by atoms with Crippen LogP contribution in [0, 0.1) is 6.92 Å². The average molecular weight is 338 g/mol. The highest BCUT2D eigenvalue weighted by Crippen LogP contribution is 2.37. The summed E-state index contributed by atoms with van der Waals surface area (Å²) in [5, 5.41) is 8.34. The molecule has 0 bridgehead atoms. The summed E-state index contributed by atoms with van der Waals surface area (Å²) in [6, 6.07) is 8.87. The molecule has 4 rings (SSSR count). The number of hydrogen-bond acceptors (Lipinski definition) is 5. The molecular weight excluding hydrogens is 320 g/mol. The molecule has 128 valence electrons. The third-order valence-corrected chi connectivity index (χ3v) is 4.76. The van der Waals surface area contributed by atoms with Gasteiger partial charge in [0.2, 0.25) is 5.89 Å². The van der Waals surface area contributed by atoms with Crippen molar-refractivity contribution < 1.29 is 9.32 Å². The van der Waals surface area contributed by atoms with Gasteiger partial charge in [-0.25, -0.2) is 0 Å². The van der Waals surface area contributed by atoms with Gasteiger partial charge in [-0.05, 0) is 30.4 Å². The first-order valence-electron chi connectivity index (χ1n) is 8.33. The molecule has 0 saturated heterocycles. The zero-order valence-corrected chi connectivity index (χ0v) is 13.8. The molecule has 2 heterocycles. The Kier molecular flexibility index (Phi) is 3.63. The number of benzene rings is 1. The van der Waals surface area contributed by atoms with Crippen LogP contribution in [0.25, 0.3) is 10.8 Å². The monoisotopic (exact) mass is 338 g/mol. The number of hydrogen-bond donors (Lipinski definition) is 2. The maximum atomic E-state index is 12.8. The lowest BCUT2D eigenvalue weighted by atomic mass is 9.96. The van der Waals surface area contributed by atoms with Crippen molar-refractivity contribution in [1.82, 2.24) is 20.4 Å². The van der Waals surface area contributed by atoms with E-state index in [2.05, 4.69) is 20.4 Å². The molecule has 2 N–H and O–H groups in total. The van der Waals surface area contributed by atoms with E-state index in [-0.39, 0.29) is 17.2 Å². The van der Waals surface area contributed by atoms with Gasteiger partial charge in [-0.15, -0.1) is 0 Å². The number of H-pyrrole nitrogens is 1. The fraction of sp³-hybridized carbons (Fsp3) is 0.333.